The third-order valence-corrected chi connectivity index (χ3v) is 3.11. The van der Waals surface area contributed by atoms with Gasteiger partial charge in [-0.15, -0.1) is 0 Å². The molecule has 1 fully saturated rings. The molecule has 88 valence electrons. The highest BCUT2D eigenvalue weighted by molar-refractivity contribution is 5.54. The summed E-state index contributed by atoms with van der Waals surface area (Å²) in [5, 5.41) is 7.26. The molecule has 4 heteroatoms. The molecule has 1 aliphatic rings. The third kappa shape index (κ3) is 2.22. The number of nitrogens with zero attached hydrogens (tertiary/aromatic N) is 2. The molecule has 0 saturated carbocycles. The lowest BCUT2D eigenvalue weighted by Crippen LogP contribution is -2.43. The maximum atomic E-state index is 5.27. The minimum Gasteiger partial charge on any atom is -0.339 e. The summed E-state index contributed by atoms with van der Waals surface area (Å²) in [6.07, 6.45) is 0.881. The Kier molecular flexibility index (Phi) is 2.65. The van der Waals surface area contributed by atoms with Gasteiger partial charge >= 0.3 is 0 Å². The molecular weight excluding hydrogens is 214 g/mol. The molecule has 1 aromatic heterocycles. The summed E-state index contributed by atoms with van der Waals surface area (Å²) in [5.41, 5.74) is 2.25. The third-order valence-electron chi connectivity index (χ3n) is 3.11. The number of hydrogen-bond acceptors (Lipinski definition) is 4. The van der Waals surface area contributed by atoms with Crippen LogP contribution in [0.5, 0.6) is 0 Å². The molecule has 0 bridgehead atoms. The Morgan fingerprint density at radius 1 is 1.29 bits per heavy atom. The van der Waals surface area contributed by atoms with Crippen molar-refractivity contribution in [1.82, 2.24) is 15.5 Å². The lowest BCUT2D eigenvalue weighted by atomic mass is 10.00. The van der Waals surface area contributed by atoms with Crippen molar-refractivity contribution < 1.29 is 4.52 Å². The molecule has 0 aliphatic carbocycles. The van der Waals surface area contributed by atoms with Crippen LogP contribution in [0.2, 0.25) is 0 Å². The van der Waals surface area contributed by atoms with Crippen molar-refractivity contribution in [3.8, 4) is 11.4 Å². The van der Waals surface area contributed by atoms with Crippen molar-refractivity contribution in [2.24, 2.45) is 5.92 Å². The molecule has 0 radical (unpaired) electrons. The van der Waals surface area contributed by atoms with Crippen LogP contribution < -0.4 is 5.32 Å². The number of aromatic nitrogens is 2. The molecule has 1 aliphatic heterocycles. The van der Waals surface area contributed by atoms with Gasteiger partial charge in [-0.1, -0.05) is 35.0 Å². The number of rotatable bonds is 3. The van der Waals surface area contributed by atoms with Crippen LogP contribution in [0.1, 0.15) is 11.5 Å². The summed E-state index contributed by atoms with van der Waals surface area (Å²) in [6.45, 7) is 4.18. The van der Waals surface area contributed by atoms with E-state index in [1.165, 1.54) is 5.56 Å². The summed E-state index contributed by atoms with van der Waals surface area (Å²) < 4.78 is 5.27. The molecule has 17 heavy (non-hydrogen) atoms. The van der Waals surface area contributed by atoms with E-state index in [1.807, 2.05) is 12.1 Å². The molecule has 0 amide bonds. The summed E-state index contributed by atoms with van der Waals surface area (Å²) in [7, 11) is 0. The number of aryl methyl sites for hydroxylation is 1. The molecule has 0 spiro atoms. The van der Waals surface area contributed by atoms with Crippen molar-refractivity contribution >= 4 is 0 Å². The lowest BCUT2D eigenvalue weighted by Gasteiger charge is -2.25. The van der Waals surface area contributed by atoms with Crippen molar-refractivity contribution in [2.45, 2.75) is 13.3 Å². The van der Waals surface area contributed by atoms with E-state index in [-0.39, 0.29) is 0 Å². The Labute approximate surface area is 100 Å². The monoisotopic (exact) mass is 229 g/mol. The van der Waals surface area contributed by atoms with Crippen LogP contribution in [0.25, 0.3) is 11.4 Å². The van der Waals surface area contributed by atoms with E-state index in [9.17, 15) is 0 Å². The first kappa shape index (κ1) is 10.5. The quantitative estimate of drug-likeness (QED) is 0.872. The van der Waals surface area contributed by atoms with Gasteiger partial charge in [0.2, 0.25) is 11.7 Å². The van der Waals surface area contributed by atoms with Crippen LogP contribution in [0.4, 0.5) is 0 Å². The predicted octanol–water partition coefficient (Wildman–Crippen LogP) is 1.81. The first-order chi connectivity index (χ1) is 8.31. The first-order valence-electron chi connectivity index (χ1n) is 5.91. The van der Waals surface area contributed by atoms with E-state index in [2.05, 4.69) is 34.5 Å². The fourth-order valence-corrected chi connectivity index (χ4v) is 1.90. The maximum absolute atomic E-state index is 5.27. The first-order valence-corrected chi connectivity index (χ1v) is 5.91. The Balaban J connectivity index is 1.76. The standard InChI is InChI=1S/C13H15N3O/c1-9-2-4-11(5-3-9)13-15-12(17-16-13)6-10-7-14-8-10/h2-5,10,14H,6-8H2,1H3. The molecular formula is C13H15N3O. The van der Waals surface area contributed by atoms with Crippen molar-refractivity contribution in [1.29, 1.82) is 0 Å². The number of nitrogens with one attached hydrogen (secondary N) is 1. The van der Waals surface area contributed by atoms with Crippen LogP contribution >= 0.6 is 0 Å². The molecule has 2 aromatic rings. The normalized spacial score (nSPS) is 15.8. The molecule has 2 heterocycles. The van der Waals surface area contributed by atoms with Gasteiger partial charge in [-0.3, -0.25) is 0 Å². The van der Waals surface area contributed by atoms with Crippen LogP contribution in [0.3, 0.4) is 0 Å². The minimum absolute atomic E-state index is 0.654. The summed E-state index contributed by atoms with van der Waals surface area (Å²) >= 11 is 0. The zero-order chi connectivity index (χ0) is 11.7. The maximum Gasteiger partial charge on any atom is 0.227 e. The largest absolute Gasteiger partial charge is 0.339 e. The lowest BCUT2D eigenvalue weighted by molar-refractivity contribution is 0.296. The predicted molar refractivity (Wildman–Crippen MR) is 64.5 cm³/mol. The van der Waals surface area contributed by atoms with Gasteiger partial charge in [0.25, 0.3) is 0 Å². The van der Waals surface area contributed by atoms with Crippen LogP contribution in [0.15, 0.2) is 28.8 Å². The Morgan fingerprint density at radius 3 is 2.71 bits per heavy atom. The second-order valence-electron chi connectivity index (χ2n) is 4.61. The smallest absolute Gasteiger partial charge is 0.227 e. The van der Waals surface area contributed by atoms with Gasteiger partial charge < -0.3 is 9.84 Å². The van der Waals surface area contributed by atoms with E-state index >= 15 is 0 Å². The van der Waals surface area contributed by atoms with E-state index < -0.39 is 0 Å². The topological polar surface area (TPSA) is 51.0 Å². The zero-order valence-corrected chi connectivity index (χ0v) is 9.81. The van der Waals surface area contributed by atoms with E-state index in [0.29, 0.717) is 11.7 Å². The van der Waals surface area contributed by atoms with Gasteiger partial charge in [-0.25, -0.2) is 0 Å². The Morgan fingerprint density at radius 2 is 2.06 bits per heavy atom. The average molecular weight is 229 g/mol. The highest BCUT2D eigenvalue weighted by Crippen LogP contribution is 2.18. The average Bonchev–Trinajstić information content (AvgIpc) is 2.73. The van der Waals surface area contributed by atoms with Gasteiger partial charge in [-0.2, -0.15) is 4.98 Å². The van der Waals surface area contributed by atoms with Crippen LogP contribution in [0, 0.1) is 12.8 Å². The van der Waals surface area contributed by atoms with Gasteiger partial charge in [-0.05, 0) is 25.9 Å². The zero-order valence-electron chi connectivity index (χ0n) is 9.81. The van der Waals surface area contributed by atoms with Gasteiger partial charge in [0.15, 0.2) is 0 Å². The number of benzene rings is 1. The van der Waals surface area contributed by atoms with E-state index in [1.54, 1.807) is 0 Å². The fourth-order valence-electron chi connectivity index (χ4n) is 1.90. The summed E-state index contributed by atoms with van der Waals surface area (Å²) in [5.74, 6) is 2.08. The molecule has 3 rings (SSSR count). The molecule has 4 nitrogen and oxygen atoms in total. The summed E-state index contributed by atoms with van der Waals surface area (Å²) in [6, 6.07) is 8.16. The van der Waals surface area contributed by atoms with Crippen LogP contribution in [-0.4, -0.2) is 23.2 Å². The van der Waals surface area contributed by atoms with Gasteiger partial charge in [0.1, 0.15) is 0 Å². The molecule has 1 saturated heterocycles. The molecule has 0 atom stereocenters. The van der Waals surface area contributed by atoms with E-state index in [0.717, 1.165) is 31.0 Å². The van der Waals surface area contributed by atoms with Crippen molar-refractivity contribution in [3.05, 3.63) is 35.7 Å². The van der Waals surface area contributed by atoms with Crippen molar-refractivity contribution in [2.75, 3.05) is 13.1 Å². The molecule has 0 unspecified atom stereocenters. The second kappa shape index (κ2) is 4.30. The van der Waals surface area contributed by atoms with Gasteiger partial charge in [0, 0.05) is 12.0 Å². The SMILES string of the molecule is Cc1ccc(-c2noc(CC3CNC3)n2)cc1. The van der Waals surface area contributed by atoms with Crippen molar-refractivity contribution in [3.63, 3.8) is 0 Å². The minimum atomic E-state index is 0.654. The summed E-state index contributed by atoms with van der Waals surface area (Å²) in [4.78, 5) is 4.43. The van der Waals surface area contributed by atoms with Crippen LogP contribution in [-0.2, 0) is 6.42 Å². The Bertz CT molecular complexity index is 500. The molecule has 1 N–H and O–H groups in total. The highest BCUT2D eigenvalue weighted by Gasteiger charge is 2.20. The molecule has 1 aromatic carbocycles. The van der Waals surface area contributed by atoms with Gasteiger partial charge in [0.05, 0.1) is 0 Å². The Hall–Kier alpha value is -1.68. The van der Waals surface area contributed by atoms with E-state index in [4.69, 9.17) is 4.52 Å². The number of hydrogen-bond donors (Lipinski definition) is 1. The highest BCUT2D eigenvalue weighted by atomic mass is 16.5. The second-order valence-corrected chi connectivity index (χ2v) is 4.61. The fraction of sp³-hybridized carbons (Fsp3) is 0.385.